The standard InChI is InChI=1S/C25H29NO7S/c1-15(2)18-6-4-5-17(10-18)12-26-21-14-34(30,31)13-19(23(21)33-25(26)29)9-16-7-8-22(27)20(11-16)24(28)32-3/h4-8,10-11,15,19,21,23,27H,9,12-14H2,1-3H3/t19-,21+,23+/m1/s1. The van der Waals surface area contributed by atoms with Gasteiger partial charge in [-0.3, -0.25) is 4.90 Å². The number of benzene rings is 2. The molecule has 0 saturated carbocycles. The fourth-order valence-corrected chi connectivity index (χ4v) is 6.80. The first-order valence-corrected chi connectivity index (χ1v) is 13.1. The SMILES string of the molecule is COC(=O)c1cc(C[C@@H]2CS(=O)(=O)C[C@H]3[C@H]2OC(=O)N3Cc2cccc(C(C)C)c2)ccc1O. The Kier molecular flexibility index (Phi) is 6.58. The van der Waals surface area contributed by atoms with E-state index in [9.17, 15) is 23.1 Å². The number of hydrogen-bond donors (Lipinski definition) is 1. The third kappa shape index (κ3) is 4.89. The maximum Gasteiger partial charge on any atom is 0.410 e. The molecule has 2 aliphatic heterocycles. The molecule has 1 amide bonds. The molecule has 1 N–H and O–H groups in total. The minimum atomic E-state index is -3.43. The maximum atomic E-state index is 12.8. The normalized spacial score (nSPS) is 23.5. The lowest BCUT2D eigenvalue weighted by molar-refractivity contribution is 0.0597. The number of sulfone groups is 1. The molecule has 0 bridgehead atoms. The molecular formula is C25H29NO7S. The number of amides is 1. The number of nitrogens with zero attached hydrogens (tertiary/aromatic N) is 1. The molecule has 0 spiro atoms. The van der Waals surface area contributed by atoms with E-state index in [2.05, 4.69) is 13.8 Å². The van der Waals surface area contributed by atoms with Crippen LogP contribution in [0.5, 0.6) is 5.75 Å². The van der Waals surface area contributed by atoms with Crippen molar-refractivity contribution in [3.05, 3.63) is 64.7 Å². The quantitative estimate of drug-likeness (QED) is 0.623. The summed E-state index contributed by atoms with van der Waals surface area (Å²) in [7, 11) is -2.21. The van der Waals surface area contributed by atoms with Crippen LogP contribution in [-0.2, 0) is 32.3 Å². The fraction of sp³-hybridized carbons (Fsp3) is 0.440. The second kappa shape index (κ2) is 9.29. The number of methoxy groups -OCH3 is 1. The van der Waals surface area contributed by atoms with Crippen LogP contribution in [0.25, 0.3) is 0 Å². The third-order valence-corrected chi connectivity index (χ3v) is 8.33. The Morgan fingerprint density at radius 3 is 2.65 bits per heavy atom. The lowest BCUT2D eigenvalue weighted by atomic mass is 9.90. The molecule has 8 nitrogen and oxygen atoms in total. The number of fused-ring (bicyclic) bond motifs is 1. The highest BCUT2D eigenvalue weighted by molar-refractivity contribution is 7.91. The summed E-state index contributed by atoms with van der Waals surface area (Å²) in [5.41, 5.74) is 2.72. The van der Waals surface area contributed by atoms with E-state index in [4.69, 9.17) is 9.47 Å². The highest BCUT2D eigenvalue weighted by Crippen LogP contribution is 2.35. The van der Waals surface area contributed by atoms with Gasteiger partial charge in [-0.15, -0.1) is 0 Å². The molecule has 2 aromatic carbocycles. The van der Waals surface area contributed by atoms with Crippen LogP contribution < -0.4 is 0 Å². The number of phenolic OH excluding ortho intramolecular Hbond substituents is 1. The van der Waals surface area contributed by atoms with Gasteiger partial charge in [0.05, 0.1) is 24.7 Å². The minimum Gasteiger partial charge on any atom is -0.507 e. The smallest absolute Gasteiger partial charge is 0.410 e. The number of ether oxygens (including phenoxy) is 2. The zero-order valence-corrected chi connectivity index (χ0v) is 20.2. The number of phenols is 1. The number of aromatic hydroxyl groups is 1. The Morgan fingerprint density at radius 1 is 1.18 bits per heavy atom. The molecule has 0 aromatic heterocycles. The molecule has 0 unspecified atom stereocenters. The van der Waals surface area contributed by atoms with Crippen LogP contribution in [0.2, 0.25) is 0 Å². The molecule has 2 aromatic rings. The number of hydrogen-bond acceptors (Lipinski definition) is 7. The second-order valence-corrected chi connectivity index (χ2v) is 11.5. The summed E-state index contributed by atoms with van der Waals surface area (Å²) in [4.78, 5) is 26.3. The predicted octanol–water partition coefficient (Wildman–Crippen LogP) is 3.28. The number of carbonyl (C=O) groups is 2. The van der Waals surface area contributed by atoms with Gasteiger partial charge in [0.25, 0.3) is 0 Å². The molecule has 2 aliphatic rings. The van der Waals surface area contributed by atoms with Crippen molar-refractivity contribution < 1.29 is 32.6 Å². The van der Waals surface area contributed by atoms with E-state index in [-0.39, 0.29) is 35.8 Å². The third-order valence-electron chi connectivity index (χ3n) is 6.54. The van der Waals surface area contributed by atoms with Crippen molar-refractivity contribution in [3.8, 4) is 5.75 Å². The van der Waals surface area contributed by atoms with Gasteiger partial charge in [-0.25, -0.2) is 18.0 Å². The average Bonchev–Trinajstić information content (AvgIpc) is 3.09. The van der Waals surface area contributed by atoms with Crippen LogP contribution in [0.4, 0.5) is 4.79 Å². The van der Waals surface area contributed by atoms with Crippen LogP contribution in [0, 0.1) is 5.92 Å². The summed E-state index contributed by atoms with van der Waals surface area (Å²) in [5.74, 6) is -1.31. The highest BCUT2D eigenvalue weighted by atomic mass is 32.2. The number of rotatable bonds is 6. The van der Waals surface area contributed by atoms with E-state index in [0.29, 0.717) is 11.5 Å². The van der Waals surface area contributed by atoms with E-state index >= 15 is 0 Å². The van der Waals surface area contributed by atoms with Gasteiger partial charge in [-0.2, -0.15) is 0 Å². The fourth-order valence-electron chi connectivity index (χ4n) is 4.81. The number of carbonyl (C=O) groups excluding carboxylic acids is 2. The predicted molar refractivity (Wildman–Crippen MR) is 125 cm³/mol. The molecule has 182 valence electrons. The van der Waals surface area contributed by atoms with Crippen molar-refractivity contribution >= 4 is 21.9 Å². The first-order chi connectivity index (χ1) is 16.1. The van der Waals surface area contributed by atoms with Crippen molar-refractivity contribution in [1.29, 1.82) is 0 Å². The monoisotopic (exact) mass is 487 g/mol. The highest BCUT2D eigenvalue weighted by Gasteiger charge is 2.51. The van der Waals surface area contributed by atoms with Gasteiger partial charge >= 0.3 is 12.1 Å². The Labute approximate surface area is 199 Å². The Morgan fingerprint density at radius 2 is 1.94 bits per heavy atom. The van der Waals surface area contributed by atoms with Crippen molar-refractivity contribution in [2.45, 2.75) is 44.9 Å². The molecule has 0 aliphatic carbocycles. The van der Waals surface area contributed by atoms with Gasteiger partial charge in [0.2, 0.25) is 0 Å². The van der Waals surface area contributed by atoms with Gasteiger partial charge in [0.1, 0.15) is 17.4 Å². The first kappa shape index (κ1) is 24.1. The summed E-state index contributed by atoms with van der Waals surface area (Å²) < 4.78 is 36.0. The van der Waals surface area contributed by atoms with Crippen LogP contribution in [-0.4, -0.2) is 61.2 Å². The van der Waals surface area contributed by atoms with E-state index in [1.165, 1.54) is 24.1 Å². The van der Waals surface area contributed by atoms with Crippen molar-refractivity contribution in [3.63, 3.8) is 0 Å². The molecule has 3 atom stereocenters. The lowest BCUT2D eigenvalue weighted by Crippen LogP contribution is -2.51. The molecule has 2 saturated heterocycles. The molecule has 4 rings (SSSR count). The molecule has 2 fully saturated rings. The summed E-state index contributed by atoms with van der Waals surface area (Å²) in [6, 6.07) is 11.8. The topological polar surface area (TPSA) is 110 Å². The van der Waals surface area contributed by atoms with Gasteiger partial charge in [0, 0.05) is 12.5 Å². The van der Waals surface area contributed by atoms with Crippen LogP contribution in [0.3, 0.4) is 0 Å². The minimum absolute atomic E-state index is 0.00490. The summed E-state index contributed by atoms with van der Waals surface area (Å²) in [5, 5.41) is 9.97. The van der Waals surface area contributed by atoms with Crippen molar-refractivity contribution in [1.82, 2.24) is 4.90 Å². The summed E-state index contributed by atoms with van der Waals surface area (Å²) in [6.07, 6.45) is -0.832. The van der Waals surface area contributed by atoms with Crippen molar-refractivity contribution in [2.24, 2.45) is 5.92 Å². The van der Waals surface area contributed by atoms with Crippen LogP contribution in [0.1, 0.15) is 46.8 Å². The van der Waals surface area contributed by atoms with Gasteiger partial charge < -0.3 is 14.6 Å². The van der Waals surface area contributed by atoms with Crippen LogP contribution >= 0.6 is 0 Å². The maximum absolute atomic E-state index is 12.8. The molecule has 2 heterocycles. The second-order valence-electron chi connectivity index (χ2n) is 9.33. The summed E-state index contributed by atoms with van der Waals surface area (Å²) in [6.45, 7) is 4.45. The largest absolute Gasteiger partial charge is 0.507 e. The van der Waals surface area contributed by atoms with E-state index in [1.807, 2.05) is 24.3 Å². The lowest BCUT2D eigenvalue weighted by Gasteiger charge is -2.34. The first-order valence-electron chi connectivity index (χ1n) is 11.2. The zero-order valence-electron chi connectivity index (χ0n) is 19.4. The Hall–Kier alpha value is -3.07. The molecule has 0 radical (unpaired) electrons. The van der Waals surface area contributed by atoms with E-state index < -0.39 is 40.0 Å². The van der Waals surface area contributed by atoms with Crippen molar-refractivity contribution in [2.75, 3.05) is 18.6 Å². The summed E-state index contributed by atoms with van der Waals surface area (Å²) >= 11 is 0. The Bertz CT molecular complexity index is 1210. The average molecular weight is 488 g/mol. The number of esters is 1. The van der Waals surface area contributed by atoms with Crippen LogP contribution in [0.15, 0.2) is 42.5 Å². The van der Waals surface area contributed by atoms with Gasteiger partial charge in [-0.1, -0.05) is 44.2 Å². The molecule has 9 heteroatoms. The zero-order chi connectivity index (χ0) is 24.6. The van der Waals surface area contributed by atoms with E-state index in [1.54, 1.807) is 6.07 Å². The van der Waals surface area contributed by atoms with Gasteiger partial charge in [-0.05, 0) is 41.2 Å². The van der Waals surface area contributed by atoms with E-state index in [0.717, 1.165) is 11.1 Å². The molecular weight excluding hydrogens is 458 g/mol. The Balaban J connectivity index is 1.59. The molecule has 34 heavy (non-hydrogen) atoms. The van der Waals surface area contributed by atoms with Gasteiger partial charge in [0.15, 0.2) is 9.84 Å².